The van der Waals surface area contributed by atoms with E-state index >= 15 is 0 Å². The first kappa shape index (κ1) is 14.5. The molecule has 3 heteroatoms. The highest BCUT2D eigenvalue weighted by Gasteiger charge is 2.36. The molecule has 0 spiro atoms. The molecule has 0 aliphatic heterocycles. The van der Waals surface area contributed by atoms with E-state index in [1.54, 1.807) is 0 Å². The summed E-state index contributed by atoms with van der Waals surface area (Å²) >= 11 is 0. The van der Waals surface area contributed by atoms with E-state index < -0.39 is 5.54 Å². The molecule has 17 heavy (non-hydrogen) atoms. The van der Waals surface area contributed by atoms with Gasteiger partial charge in [-0.05, 0) is 25.2 Å². The fourth-order valence-corrected chi connectivity index (χ4v) is 2.59. The summed E-state index contributed by atoms with van der Waals surface area (Å²) in [6, 6.07) is 0. The van der Waals surface area contributed by atoms with Gasteiger partial charge in [-0.1, -0.05) is 46.0 Å². The Bertz CT molecular complexity index is 234. The number of hydrogen-bond donors (Lipinski definition) is 2. The number of unbranched alkanes of at least 4 members (excludes halogenated alkanes) is 1. The molecule has 1 saturated carbocycles. The smallest absolute Gasteiger partial charge is 0.240 e. The van der Waals surface area contributed by atoms with E-state index in [1.807, 2.05) is 0 Å². The molecular formula is C14H28N2O. The molecule has 1 rings (SSSR count). The Hall–Kier alpha value is -0.570. The molecule has 0 radical (unpaired) electrons. The predicted octanol–water partition coefficient (Wildman–Crippen LogP) is 2.59. The third-order valence-electron chi connectivity index (χ3n) is 4.04. The SMILES string of the molecule is CCCCC(CC)CNC(=O)C1(N)CCCC1. The van der Waals surface area contributed by atoms with Gasteiger partial charge >= 0.3 is 0 Å². The Morgan fingerprint density at radius 2 is 2.00 bits per heavy atom. The lowest BCUT2D eigenvalue weighted by Gasteiger charge is -2.24. The molecule has 0 saturated heterocycles. The lowest BCUT2D eigenvalue weighted by molar-refractivity contribution is -0.126. The van der Waals surface area contributed by atoms with Gasteiger partial charge in [0.15, 0.2) is 0 Å². The Labute approximate surface area is 106 Å². The van der Waals surface area contributed by atoms with Gasteiger partial charge in [0.05, 0.1) is 5.54 Å². The van der Waals surface area contributed by atoms with Crippen LogP contribution in [-0.2, 0) is 4.79 Å². The molecular weight excluding hydrogens is 212 g/mol. The molecule has 1 amide bonds. The third kappa shape index (κ3) is 4.30. The predicted molar refractivity (Wildman–Crippen MR) is 71.7 cm³/mol. The first-order valence-corrected chi connectivity index (χ1v) is 7.19. The number of carbonyl (C=O) groups excluding carboxylic acids is 1. The van der Waals surface area contributed by atoms with Gasteiger partial charge in [0, 0.05) is 6.54 Å². The van der Waals surface area contributed by atoms with Crippen molar-refractivity contribution in [2.45, 2.75) is 70.8 Å². The average Bonchev–Trinajstić information content (AvgIpc) is 2.77. The van der Waals surface area contributed by atoms with E-state index in [4.69, 9.17) is 5.73 Å². The normalized spacial score (nSPS) is 20.2. The van der Waals surface area contributed by atoms with Crippen molar-refractivity contribution in [1.82, 2.24) is 5.32 Å². The second kappa shape index (κ2) is 7.00. The zero-order valence-corrected chi connectivity index (χ0v) is 11.4. The Morgan fingerprint density at radius 1 is 1.35 bits per heavy atom. The van der Waals surface area contributed by atoms with Crippen molar-refractivity contribution in [2.24, 2.45) is 11.7 Å². The topological polar surface area (TPSA) is 55.1 Å². The maximum absolute atomic E-state index is 12.0. The Balaban J connectivity index is 2.30. The number of rotatable bonds is 7. The molecule has 3 nitrogen and oxygen atoms in total. The summed E-state index contributed by atoms with van der Waals surface area (Å²) in [6.07, 6.45) is 8.72. The van der Waals surface area contributed by atoms with Gasteiger partial charge in [-0.15, -0.1) is 0 Å². The summed E-state index contributed by atoms with van der Waals surface area (Å²) in [6.45, 7) is 5.20. The quantitative estimate of drug-likeness (QED) is 0.718. The van der Waals surface area contributed by atoms with Crippen LogP contribution in [0.2, 0.25) is 0 Å². The van der Waals surface area contributed by atoms with Crippen LogP contribution in [0.3, 0.4) is 0 Å². The van der Waals surface area contributed by atoms with E-state index in [9.17, 15) is 4.79 Å². The number of nitrogens with one attached hydrogen (secondary N) is 1. The molecule has 1 aliphatic carbocycles. The Kier molecular flexibility index (Phi) is 5.96. The van der Waals surface area contributed by atoms with E-state index in [0.717, 1.165) is 38.6 Å². The lowest BCUT2D eigenvalue weighted by atomic mass is 9.96. The third-order valence-corrected chi connectivity index (χ3v) is 4.04. The minimum atomic E-state index is -0.566. The van der Waals surface area contributed by atoms with Crippen molar-refractivity contribution < 1.29 is 4.79 Å². The fraction of sp³-hybridized carbons (Fsp3) is 0.929. The molecule has 1 aliphatic rings. The maximum atomic E-state index is 12.0. The maximum Gasteiger partial charge on any atom is 0.240 e. The molecule has 1 unspecified atom stereocenters. The molecule has 0 aromatic carbocycles. The van der Waals surface area contributed by atoms with Crippen LogP contribution < -0.4 is 11.1 Å². The van der Waals surface area contributed by atoms with Gasteiger partial charge in [-0.25, -0.2) is 0 Å². The van der Waals surface area contributed by atoms with Crippen LogP contribution in [0.1, 0.15) is 65.2 Å². The van der Waals surface area contributed by atoms with Crippen LogP contribution in [0.4, 0.5) is 0 Å². The van der Waals surface area contributed by atoms with Gasteiger partial charge in [0.2, 0.25) is 5.91 Å². The van der Waals surface area contributed by atoms with Crippen molar-refractivity contribution in [2.75, 3.05) is 6.54 Å². The summed E-state index contributed by atoms with van der Waals surface area (Å²) in [7, 11) is 0. The second-order valence-electron chi connectivity index (χ2n) is 5.49. The van der Waals surface area contributed by atoms with E-state index in [-0.39, 0.29) is 5.91 Å². The van der Waals surface area contributed by atoms with Gasteiger partial charge < -0.3 is 11.1 Å². The Morgan fingerprint density at radius 3 is 2.53 bits per heavy atom. The molecule has 1 atom stereocenters. The van der Waals surface area contributed by atoms with Crippen LogP contribution in [0.15, 0.2) is 0 Å². The summed E-state index contributed by atoms with van der Waals surface area (Å²) < 4.78 is 0. The number of nitrogens with two attached hydrogens (primary N) is 1. The van der Waals surface area contributed by atoms with Gasteiger partial charge in [-0.2, -0.15) is 0 Å². The van der Waals surface area contributed by atoms with Crippen LogP contribution in [0, 0.1) is 5.92 Å². The molecule has 3 N–H and O–H groups in total. The molecule has 0 heterocycles. The molecule has 0 bridgehead atoms. The van der Waals surface area contributed by atoms with Gasteiger partial charge in [-0.3, -0.25) is 4.79 Å². The van der Waals surface area contributed by atoms with Crippen molar-refractivity contribution in [3.05, 3.63) is 0 Å². The minimum absolute atomic E-state index is 0.0740. The molecule has 1 fully saturated rings. The number of carbonyl (C=O) groups is 1. The summed E-state index contributed by atoms with van der Waals surface area (Å²) in [5.41, 5.74) is 5.55. The van der Waals surface area contributed by atoms with Crippen LogP contribution >= 0.6 is 0 Å². The van der Waals surface area contributed by atoms with Crippen molar-refractivity contribution in [1.29, 1.82) is 0 Å². The van der Waals surface area contributed by atoms with Crippen LogP contribution in [-0.4, -0.2) is 18.0 Å². The van der Waals surface area contributed by atoms with Crippen molar-refractivity contribution in [3.8, 4) is 0 Å². The zero-order valence-electron chi connectivity index (χ0n) is 11.4. The van der Waals surface area contributed by atoms with E-state index in [2.05, 4.69) is 19.2 Å². The number of hydrogen-bond acceptors (Lipinski definition) is 2. The molecule has 100 valence electrons. The summed E-state index contributed by atoms with van der Waals surface area (Å²) in [5, 5.41) is 3.06. The zero-order chi connectivity index (χ0) is 12.7. The first-order valence-electron chi connectivity index (χ1n) is 7.19. The standard InChI is InChI=1S/C14H28N2O/c1-3-5-8-12(4-2)11-16-13(17)14(15)9-6-7-10-14/h12H,3-11,15H2,1-2H3,(H,16,17). The number of amides is 1. The van der Waals surface area contributed by atoms with Crippen molar-refractivity contribution >= 4 is 5.91 Å². The second-order valence-corrected chi connectivity index (χ2v) is 5.49. The molecule has 0 aromatic heterocycles. The van der Waals surface area contributed by atoms with Crippen LogP contribution in [0.25, 0.3) is 0 Å². The van der Waals surface area contributed by atoms with Gasteiger partial charge in [0.1, 0.15) is 0 Å². The molecule has 0 aromatic rings. The highest BCUT2D eigenvalue weighted by Crippen LogP contribution is 2.27. The summed E-state index contributed by atoms with van der Waals surface area (Å²) in [5.74, 6) is 0.689. The minimum Gasteiger partial charge on any atom is -0.354 e. The van der Waals surface area contributed by atoms with Crippen LogP contribution in [0.5, 0.6) is 0 Å². The fourth-order valence-electron chi connectivity index (χ4n) is 2.59. The lowest BCUT2D eigenvalue weighted by Crippen LogP contribution is -2.52. The largest absolute Gasteiger partial charge is 0.354 e. The van der Waals surface area contributed by atoms with E-state index in [0.29, 0.717) is 5.92 Å². The monoisotopic (exact) mass is 240 g/mol. The summed E-state index contributed by atoms with van der Waals surface area (Å²) in [4.78, 5) is 12.0. The van der Waals surface area contributed by atoms with E-state index in [1.165, 1.54) is 19.3 Å². The average molecular weight is 240 g/mol. The highest BCUT2D eigenvalue weighted by molar-refractivity contribution is 5.86. The first-order chi connectivity index (χ1) is 8.12. The highest BCUT2D eigenvalue weighted by atomic mass is 16.2. The van der Waals surface area contributed by atoms with Crippen molar-refractivity contribution in [3.63, 3.8) is 0 Å². The van der Waals surface area contributed by atoms with Gasteiger partial charge in [0.25, 0.3) is 0 Å².